The van der Waals surface area contributed by atoms with Crippen LogP contribution in [0.3, 0.4) is 0 Å². The summed E-state index contributed by atoms with van der Waals surface area (Å²) in [7, 11) is -4.21. The Morgan fingerprint density at radius 3 is 2.30 bits per heavy atom. The Bertz CT molecular complexity index is 1710. The first-order valence-corrected chi connectivity index (χ1v) is 17.4. The maximum absolute atomic E-state index is 13.2. The number of carbonyl (C=O) groups excluding carboxylic acids is 2. The molecule has 0 spiro atoms. The molecule has 0 saturated heterocycles. The summed E-state index contributed by atoms with van der Waals surface area (Å²) in [4.78, 5) is 28.6. The van der Waals surface area contributed by atoms with Crippen LogP contribution in [0.25, 0.3) is 11.1 Å². The average molecular weight is 673 g/mol. The van der Waals surface area contributed by atoms with E-state index in [0.717, 1.165) is 30.4 Å². The van der Waals surface area contributed by atoms with E-state index in [1.807, 2.05) is 42.5 Å². The number of sulfonamides is 1. The van der Waals surface area contributed by atoms with Crippen LogP contribution < -0.4 is 44.7 Å². The fraction of sp³-hybridized carbons (Fsp3) is 0.303. The minimum Gasteiger partial charge on any atom is -0.550 e. The summed E-state index contributed by atoms with van der Waals surface area (Å²) < 4.78 is 30.3. The number of unbranched alkanes of at least 4 members (excludes halogenated alkanes) is 2. The number of amides is 2. The number of aromatic nitrogens is 2. The Morgan fingerprint density at radius 2 is 1.65 bits per heavy atom. The third-order valence-electron chi connectivity index (χ3n) is 7.25. The molecule has 13 heteroatoms. The summed E-state index contributed by atoms with van der Waals surface area (Å²) in [5.74, 6) is -0.835. The number of hydrogen-bond acceptors (Lipinski definition) is 8. The van der Waals surface area contributed by atoms with Gasteiger partial charge >= 0.3 is 35.6 Å². The van der Waals surface area contributed by atoms with Gasteiger partial charge in [0.1, 0.15) is 17.0 Å². The average Bonchev–Trinajstić information content (AvgIpc) is 3.37. The van der Waals surface area contributed by atoms with E-state index in [-0.39, 0.29) is 54.0 Å². The fourth-order valence-corrected chi connectivity index (χ4v) is 6.77. The van der Waals surface area contributed by atoms with Crippen molar-refractivity contribution in [1.29, 1.82) is 0 Å². The molecule has 0 aliphatic carbocycles. The van der Waals surface area contributed by atoms with Crippen molar-refractivity contribution < 1.29 is 57.8 Å². The number of aliphatic hydroxyl groups excluding tert-OH is 1. The van der Waals surface area contributed by atoms with E-state index in [0.29, 0.717) is 34.1 Å². The fourth-order valence-electron chi connectivity index (χ4n) is 5.00. The smallest absolute Gasteiger partial charge is 0.550 e. The van der Waals surface area contributed by atoms with Gasteiger partial charge in [0, 0.05) is 31.0 Å². The number of hydrogen-bond donors (Lipinski definition) is 3. The number of thioether (sulfide) groups is 1. The van der Waals surface area contributed by atoms with Gasteiger partial charge in [-0.15, -0.1) is 11.8 Å². The molecular formula is C33H37N4NaO6S2. The number of carboxylic acid groups (broad SMARTS) is 1. The van der Waals surface area contributed by atoms with E-state index >= 15 is 0 Å². The minimum absolute atomic E-state index is 0. The number of urea groups is 1. The zero-order valence-corrected chi connectivity index (χ0v) is 29.9. The first kappa shape index (κ1) is 37.3. The first-order valence-electron chi connectivity index (χ1n) is 14.7. The third-order valence-corrected chi connectivity index (χ3v) is 9.36. The Morgan fingerprint density at radius 1 is 0.978 bits per heavy atom. The van der Waals surface area contributed by atoms with Gasteiger partial charge in [0.25, 0.3) is 10.0 Å². The van der Waals surface area contributed by atoms with E-state index in [1.54, 1.807) is 41.2 Å². The number of carboxylic acids is 1. The summed E-state index contributed by atoms with van der Waals surface area (Å²) in [6.07, 6.45) is 3.89. The predicted molar refractivity (Wildman–Crippen MR) is 172 cm³/mol. The van der Waals surface area contributed by atoms with Gasteiger partial charge in [-0.25, -0.2) is 22.9 Å². The third kappa shape index (κ3) is 9.93. The van der Waals surface area contributed by atoms with E-state index in [4.69, 9.17) is 0 Å². The number of aliphatic carboxylic acids is 1. The standard InChI is InChI=1S/C33H38N4O6S2.Na/c1-3-4-6-14-28(38)31-35-32(44-2)27(20-30(39)40)37(31)22-24-16-18-25(19-17-24)26-13-9-10-15-29(26)45(42,43)36-33(41)34-21-23-11-7-5-8-12-23;/h5,7-13,15-19,28,38H,3-4,6,14,20-22H2,1-2H3,(H,39,40)(H2,34,36,41);/q;+1/p-1. The number of carbonyl (C=O) groups is 2. The summed E-state index contributed by atoms with van der Waals surface area (Å²) in [5, 5.41) is 25.7. The van der Waals surface area contributed by atoms with Gasteiger partial charge in [-0.2, -0.15) is 0 Å². The molecule has 1 atom stereocenters. The normalized spacial score (nSPS) is 11.8. The zero-order chi connectivity index (χ0) is 32.4. The Hall–Kier alpha value is -3.13. The monoisotopic (exact) mass is 672 g/mol. The Labute approximate surface area is 296 Å². The van der Waals surface area contributed by atoms with Gasteiger partial charge in [-0.3, -0.25) is 0 Å². The van der Waals surface area contributed by atoms with Crippen molar-refractivity contribution >= 4 is 33.8 Å². The molecule has 0 aliphatic heterocycles. The van der Waals surface area contributed by atoms with Gasteiger partial charge in [0.2, 0.25) is 0 Å². The van der Waals surface area contributed by atoms with Crippen LogP contribution in [-0.4, -0.2) is 41.3 Å². The van der Waals surface area contributed by atoms with Crippen LogP contribution in [0.1, 0.15) is 61.4 Å². The summed E-state index contributed by atoms with van der Waals surface area (Å²) in [6.45, 7) is 2.50. The summed E-state index contributed by atoms with van der Waals surface area (Å²) in [6, 6.07) is 21.9. The molecule has 0 aliphatic rings. The molecule has 238 valence electrons. The molecule has 2 amide bonds. The van der Waals surface area contributed by atoms with E-state index in [2.05, 4.69) is 21.9 Å². The van der Waals surface area contributed by atoms with Crippen molar-refractivity contribution in [3.05, 3.63) is 102 Å². The summed E-state index contributed by atoms with van der Waals surface area (Å²) >= 11 is 1.31. The molecule has 1 aromatic heterocycles. The van der Waals surface area contributed by atoms with Gasteiger partial charge < -0.3 is 24.9 Å². The molecule has 3 N–H and O–H groups in total. The second kappa shape index (κ2) is 17.7. The molecule has 46 heavy (non-hydrogen) atoms. The second-order valence-electron chi connectivity index (χ2n) is 10.5. The topological polar surface area (TPSA) is 153 Å². The number of nitrogens with one attached hydrogen (secondary N) is 2. The Kier molecular flexibility index (Phi) is 14.4. The van der Waals surface area contributed by atoms with Crippen LogP contribution in [-0.2, 0) is 34.3 Å². The zero-order valence-electron chi connectivity index (χ0n) is 26.2. The molecular weight excluding hydrogens is 636 g/mol. The molecule has 4 aromatic rings. The number of benzene rings is 3. The number of nitrogens with zero attached hydrogens (tertiary/aromatic N) is 2. The van der Waals surface area contributed by atoms with Crippen molar-refractivity contribution in [1.82, 2.24) is 19.6 Å². The van der Waals surface area contributed by atoms with Crippen molar-refractivity contribution in [2.75, 3.05) is 6.26 Å². The van der Waals surface area contributed by atoms with Gasteiger partial charge in [-0.1, -0.05) is 99.0 Å². The molecule has 10 nitrogen and oxygen atoms in total. The van der Waals surface area contributed by atoms with Crippen LogP contribution in [0.5, 0.6) is 0 Å². The first-order chi connectivity index (χ1) is 21.6. The van der Waals surface area contributed by atoms with Crippen LogP contribution in [0.15, 0.2) is 88.8 Å². The number of aliphatic hydroxyl groups is 1. The van der Waals surface area contributed by atoms with Gasteiger partial charge in [-0.05, 0) is 35.4 Å². The number of imidazole rings is 1. The molecule has 1 unspecified atom stereocenters. The maximum Gasteiger partial charge on any atom is 1.00 e. The predicted octanol–water partition coefficient (Wildman–Crippen LogP) is 1.42. The van der Waals surface area contributed by atoms with Crippen molar-refractivity contribution in [3.63, 3.8) is 0 Å². The largest absolute Gasteiger partial charge is 1.00 e. The SMILES string of the molecule is CCCCCC(O)c1nc(SC)c(CC(=O)[O-])n1Cc1ccc(-c2ccccc2S(=O)(=O)NC(=O)NCc2ccccc2)cc1.[Na+]. The quantitative estimate of drug-likeness (QED) is 0.0974. The number of rotatable bonds is 15. The maximum atomic E-state index is 13.2. The summed E-state index contributed by atoms with van der Waals surface area (Å²) in [5.41, 5.74) is 3.10. The van der Waals surface area contributed by atoms with E-state index in [9.17, 15) is 28.2 Å². The van der Waals surface area contributed by atoms with Crippen molar-refractivity contribution in [3.8, 4) is 11.1 Å². The molecule has 0 saturated carbocycles. The van der Waals surface area contributed by atoms with E-state index in [1.165, 1.54) is 17.8 Å². The molecule has 0 radical (unpaired) electrons. The molecule has 1 heterocycles. The van der Waals surface area contributed by atoms with Crippen molar-refractivity contribution in [2.24, 2.45) is 0 Å². The molecule has 0 fully saturated rings. The molecule has 3 aromatic carbocycles. The molecule has 0 bridgehead atoms. The van der Waals surface area contributed by atoms with Crippen molar-refractivity contribution in [2.45, 2.75) is 68.1 Å². The van der Waals surface area contributed by atoms with Crippen LogP contribution >= 0.6 is 11.8 Å². The van der Waals surface area contributed by atoms with E-state index < -0.39 is 28.1 Å². The van der Waals surface area contributed by atoms with Gasteiger partial charge in [0.15, 0.2) is 0 Å². The van der Waals surface area contributed by atoms with Crippen LogP contribution in [0.2, 0.25) is 0 Å². The van der Waals surface area contributed by atoms with Crippen LogP contribution in [0.4, 0.5) is 4.79 Å². The van der Waals surface area contributed by atoms with Crippen LogP contribution in [0, 0.1) is 0 Å². The Balaban J connectivity index is 0.00000576. The van der Waals surface area contributed by atoms with Gasteiger partial charge in [0.05, 0.1) is 10.6 Å². The minimum atomic E-state index is -4.21. The second-order valence-corrected chi connectivity index (χ2v) is 13.0. The molecule has 4 rings (SSSR count).